The number of hydrogen-bond donors (Lipinski definition) is 0. The molecule has 1 rings (SSSR count). The highest BCUT2D eigenvalue weighted by Gasteiger charge is 2.26. The number of rotatable bonds is 0. The van der Waals surface area contributed by atoms with Gasteiger partial charge >= 0.3 is 0 Å². The Morgan fingerprint density at radius 1 is 0.792 bits per heavy atom. The fourth-order valence-electron chi connectivity index (χ4n) is 4.33. The minimum absolute atomic E-state index is 0.0237. The molecule has 0 heterocycles. The van der Waals surface area contributed by atoms with Crippen molar-refractivity contribution in [3.05, 3.63) is 0 Å². The van der Waals surface area contributed by atoms with Crippen LogP contribution in [0.25, 0.3) is 0 Å². The van der Waals surface area contributed by atoms with Crippen LogP contribution < -0.4 is 0 Å². The summed E-state index contributed by atoms with van der Waals surface area (Å²) in [6.07, 6.45) is 18.8. The maximum absolute atomic E-state index is 9.63. The third kappa shape index (κ3) is 9.75. The molecule has 0 bridgehead atoms. The molecule has 1 saturated carbocycles. The molecule has 2 radical (unpaired) electrons. The Kier molecular flexibility index (Phi) is 10.1. The molecule has 0 amide bonds. The van der Waals surface area contributed by atoms with E-state index < -0.39 is 0 Å². The van der Waals surface area contributed by atoms with Gasteiger partial charge in [-0.15, -0.1) is 0 Å². The zero-order valence-electron chi connectivity index (χ0n) is 16.7. The van der Waals surface area contributed by atoms with Crippen LogP contribution in [0.2, 0.25) is 5.31 Å². The van der Waals surface area contributed by atoms with Gasteiger partial charge in [0.25, 0.3) is 0 Å². The smallest absolute Gasteiger partial charge is 0.0742 e. The average Bonchev–Trinajstić information content (AvgIpc) is 2.52. The van der Waals surface area contributed by atoms with Crippen molar-refractivity contribution in [2.75, 3.05) is 0 Å². The third-order valence-electron chi connectivity index (χ3n) is 5.99. The molecule has 0 spiro atoms. The normalized spacial score (nSPS) is 36.2. The minimum Gasteiger partial charge on any atom is -0.198 e. The first-order valence-corrected chi connectivity index (χ1v) is 10.6. The molecule has 136 valence electrons. The molecule has 1 fully saturated rings. The number of nitriles is 1. The molecular formula is C22H40BN. The van der Waals surface area contributed by atoms with Crippen LogP contribution in [0, 0.1) is 22.7 Å². The summed E-state index contributed by atoms with van der Waals surface area (Å²) in [6.45, 7) is 6.75. The van der Waals surface area contributed by atoms with E-state index in [-0.39, 0.29) is 10.7 Å². The van der Waals surface area contributed by atoms with E-state index >= 15 is 0 Å². The van der Waals surface area contributed by atoms with E-state index in [4.69, 9.17) is 7.85 Å². The Morgan fingerprint density at radius 2 is 1.25 bits per heavy atom. The van der Waals surface area contributed by atoms with Gasteiger partial charge in [-0.2, -0.15) is 5.26 Å². The molecule has 2 heteroatoms. The van der Waals surface area contributed by atoms with Gasteiger partial charge in [-0.3, -0.25) is 0 Å². The van der Waals surface area contributed by atoms with E-state index in [0.717, 1.165) is 19.3 Å². The topological polar surface area (TPSA) is 23.8 Å². The van der Waals surface area contributed by atoms with Gasteiger partial charge in [-0.05, 0) is 25.7 Å². The van der Waals surface area contributed by atoms with Crippen molar-refractivity contribution in [3.8, 4) is 6.07 Å². The summed E-state index contributed by atoms with van der Waals surface area (Å²) in [5, 5.41) is 9.65. The van der Waals surface area contributed by atoms with E-state index in [9.17, 15) is 5.26 Å². The van der Waals surface area contributed by atoms with E-state index in [1.807, 2.05) is 0 Å². The van der Waals surface area contributed by atoms with Crippen molar-refractivity contribution in [3.63, 3.8) is 0 Å². The Labute approximate surface area is 153 Å². The zero-order valence-corrected chi connectivity index (χ0v) is 16.7. The van der Waals surface area contributed by atoms with Crippen LogP contribution in [0.15, 0.2) is 0 Å². The highest BCUT2D eigenvalue weighted by molar-refractivity contribution is 6.14. The Morgan fingerprint density at radius 3 is 1.79 bits per heavy atom. The first-order chi connectivity index (χ1) is 11.4. The molecule has 1 aliphatic carbocycles. The molecule has 0 aromatic heterocycles. The Bertz CT molecular complexity index is 371. The summed E-state index contributed by atoms with van der Waals surface area (Å²) in [5.74, 6) is 0.651. The molecule has 3 atom stereocenters. The molecule has 3 unspecified atom stereocenters. The summed E-state index contributed by atoms with van der Waals surface area (Å²) in [6, 6.07) is 2.62. The van der Waals surface area contributed by atoms with Gasteiger partial charge in [-0.1, -0.05) is 103 Å². The summed E-state index contributed by atoms with van der Waals surface area (Å²) >= 11 is 0. The van der Waals surface area contributed by atoms with Crippen molar-refractivity contribution < 1.29 is 0 Å². The van der Waals surface area contributed by atoms with Gasteiger partial charge in [0.05, 0.1) is 19.3 Å². The summed E-state index contributed by atoms with van der Waals surface area (Å²) < 4.78 is 0. The molecule has 1 nitrogen and oxygen atoms in total. The second-order valence-electron chi connectivity index (χ2n) is 9.21. The predicted molar refractivity (Wildman–Crippen MR) is 106 cm³/mol. The minimum atomic E-state index is -0.118. The lowest BCUT2D eigenvalue weighted by atomic mass is 9.64. The average molecular weight is 329 g/mol. The van der Waals surface area contributed by atoms with Crippen LogP contribution in [0.1, 0.15) is 117 Å². The van der Waals surface area contributed by atoms with Crippen molar-refractivity contribution >= 4 is 7.85 Å². The van der Waals surface area contributed by atoms with Gasteiger partial charge in [0.2, 0.25) is 0 Å². The second-order valence-corrected chi connectivity index (χ2v) is 9.21. The van der Waals surface area contributed by atoms with E-state index in [1.165, 1.54) is 77.0 Å². The first kappa shape index (κ1) is 21.6. The van der Waals surface area contributed by atoms with Crippen LogP contribution in [0.5, 0.6) is 0 Å². The molecule has 0 saturated heterocycles. The maximum atomic E-state index is 9.63. The lowest BCUT2D eigenvalue weighted by Crippen LogP contribution is -2.18. The number of hydrogen-bond acceptors (Lipinski definition) is 1. The summed E-state index contributed by atoms with van der Waals surface area (Å²) in [7, 11) is 6.49. The molecule has 0 aromatic rings. The van der Waals surface area contributed by atoms with Gasteiger partial charge < -0.3 is 0 Å². The predicted octanol–water partition coefficient (Wildman–Crippen LogP) is 7.36. The highest BCUT2D eigenvalue weighted by atomic mass is 14.4. The highest BCUT2D eigenvalue weighted by Crippen LogP contribution is 2.37. The monoisotopic (exact) mass is 329 g/mol. The summed E-state index contributed by atoms with van der Waals surface area (Å²) in [4.78, 5) is 0. The van der Waals surface area contributed by atoms with Crippen molar-refractivity contribution in [1.29, 1.82) is 5.26 Å². The quantitative estimate of drug-likeness (QED) is 0.426. The van der Waals surface area contributed by atoms with Gasteiger partial charge in [0.15, 0.2) is 0 Å². The largest absolute Gasteiger partial charge is 0.198 e. The van der Waals surface area contributed by atoms with E-state index in [0.29, 0.717) is 5.92 Å². The van der Waals surface area contributed by atoms with E-state index in [1.54, 1.807) is 0 Å². The Balaban J connectivity index is 2.50. The maximum Gasteiger partial charge on any atom is 0.0742 e. The van der Waals surface area contributed by atoms with Crippen molar-refractivity contribution in [2.24, 2.45) is 11.3 Å². The summed E-state index contributed by atoms with van der Waals surface area (Å²) in [5.41, 5.74) is -0.118. The molecule has 24 heavy (non-hydrogen) atoms. The Hall–Kier alpha value is -0.445. The first-order valence-electron chi connectivity index (χ1n) is 10.6. The van der Waals surface area contributed by atoms with Crippen LogP contribution in [-0.4, -0.2) is 7.85 Å². The van der Waals surface area contributed by atoms with Crippen LogP contribution >= 0.6 is 0 Å². The molecule has 0 aliphatic heterocycles. The van der Waals surface area contributed by atoms with Crippen molar-refractivity contribution in [2.45, 2.75) is 122 Å². The standard InChI is InChI=1S/C22H40BN/c1-20-14-10-13-17-22(3,23)16-12-9-7-5-4-6-8-11-15-21(2,18-20)19-24/h20H,4-18H2,1-3H3. The second kappa shape index (κ2) is 11.2. The van der Waals surface area contributed by atoms with Crippen molar-refractivity contribution in [1.82, 2.24) is 0 Å². The fraction of sp³-hybridized carbons (Fsp3) is 0.955. The molecule has 0 N–H and O–H groups in total. The number of nitrogens with zero attached hydrogens (tertiary/aromatic N) is 1. The lowest BCUT2D eigenvalue weighted by molar-refractivity contribution is 0.282. The van der Waals surface area contributed by atoms with Gasteiger partial charge in [-0.25, -0.2) is 0 Å². The fourth-order valence-corrected chi connectivity index (χ4v) is 4.33. The van der Waals surface area contributed by atoms with Gasteiger partial charge in [0.1, 0.15) is 0 Å². The molecule has 1 aliphatic rings. The lowest BCUT2D eigenvalue weighted by Gasteiger charge is -2.27. The van der Waals surface area contributed by atoms with Gasteiger partial charge in [0, 0.05) is 0 Å². The third-order valence-corrected chi connectivity index (χ3v) is 5.99. The van der Waals surface area contributed by atoms with Crippen LogP contribution in [0.4, 0.5) is 0 Å². The van der Waals surface area contributed by atoms with E-state index in [2.05, 4.69) is 26.8 Å². The van der Waals surface area contributed by atoms with Crippen LogP contribution in [0.3, 0.4) is 0 Å². The SMILES string of the molecule is [B]C1(C)CCCCCCCCCCC(C)(C#N)CC(C)CCCC1. The molecular weight excluding hydrogens is 289 g/mol. The van der Waals surface area contributed by atoms with Crippen LogP contribution in [-0.2, 0) is 0 Å². The zero-order chi connectivity index (χ0) is 17.9. The molecule has 0 aromatic carbocycles.